The van der Waals surface area contributed by atoms with Crippen molar-refractivity contribution >= 4 is 17.7 Å². The highest BCUT2D eigenvalue weighted by atomic mass is 16.2. The third-order valence-corrected chi connectivity index (χ3v) is 2.31. The van der Waals surface area contributed by atoms with E-state index in [1.54, 1.807) is 0 Å². The number of piperidine rings is 1. The van der Waals surface area contributed by atoms with E-state index >= 15 is 0 Å². The summed E-state index contributed by atoms with van der Waals surface area (Å²) >= 11 is 0. The van der Waals surface area contributed by atoms with Gasteiger partial charge < -0.3 is 16.4 Å². The molecule has 6 heteroatoms. The molecule has 1 unspecified atom stereocenters. The molecule has 1 atom stereocenters. The monoisotopic (exact) mass is 213 g/mol. The van der Waals surface area contributed by atoms with Crippen molar-refractivity contribution in [3.8, 4) is 0 Å². The number of rotatable bonds is 4. The molecule has 0 saturated carbocycles. The van der Waals surface area contributed by atoms with Crippen molar-refractivity contribution in [2.75, 3.05) is 13.1 Å². The van der Waals surface area contributed by atoms with Gasteiger partial charge in [0.15, 0.2) is 0 Å². The van der Waals surface area contributed by atoms with Gasteiger partial charge in [0, 0.05) is 25.9 Å². The highest BCUT2D eigenvalue weighted by molar-refractivity contribution is 5.84. The molecule has 84 valence electrons. The van der Waals surface area contributed by atoms with Crippen molar-refractivity contribution in [3.63, 3.8) is 0 Å². The van der Waals surface area contributed by atoms with Crippen LogP contribution in [-0.2, 0) is 14.4 Å². The van der Waals surface area contributed by atoms with Crippen molar-refractivity contribution < 1.29 is 14.4 Å². The standard InChI is InChI=1S/C9H15N3O3/c10-7(13)3-4-11-9(15)6-1-2-8(14)12-5-6/h6H,1-5H2,(H2,10,13)(H,11,15)(H,12,14). The maximum Gasteiger partial charge on any atom is 0.224 e. The molecule has 0 aliphatic carbocycles. The summed E-state index contributed by atoms with van der Waals surface area (Å²) in [7, 11) is 0. The summed E-state index contributed by atoms with van der Waals surface area (Å²) in [5.41, 5.74) is 4.93. The maximum absolute atomic E-state index is 11.5. The summed E-state index contributed by atoms with van der Waals surface area (Å²) < 4.78 is 0. The molecule has 0 bridgehead atoms. The first-order valence-electron chi connectivity index (χ1n) is 4.92. The molecule has 0 spiro atoms. The van der Waals surface area contributed by atoms with Gasteiger partial charge in [0.1, 0.15) is 0 Å². The molecule has 1 rings (SSSR count). The predicted molar refractivity (Wildman–Crippen MR) is 52.6 cm³/mol. The van der Waals surface area contributed by atoms with Crippen LogP contribution in [0.5, 0.6) is 0 Å². The zero-order chi connectivity index (χ0) is 11.3. The Kier molecular flexibility index (Phi) is 4.08. The van der Waals surface area contributed by atoms with E-state index in [9.17, 15) is 14.4 Å². The molecule has 6 nitrogen and oxygen atoms in total. The lowest BCUT2D eigenvalue weighted by Gasteiger charge is -2.21. The van der Waals surface area contributed by atoms with Crippen LogP contribution >= 0.6 is 0 Å². The minimum Gasteiger partial charge on any atom is -0.370 e. The largest absolute Gasteiger partial charge is 0.370 e. The van der Waals surface area contributed by atoms with Gasteiger partial charge in [0.2, 0.25) is 17.7 Å². The van der Waals surface area contributed by atoms with E-state index in [2.05, 4.69) is 10.6 Å². The first kappa shape index (κ1) is 11.5. The van der Waals surface area contributed by atoms with Gasteiger partial charge in [-0.1, -0.05) is 0 Å². The first-order chi connectivity index (χ1) is 7.09. The average molecular weight is 213 g/mol. The molecular formula is C9H15N3O3. The summed E-state index contributed by atoms with van der Waals surface area (Å²) in [5.74, 6) is -0.768. The Morgan fingerprint density at radius 3 is 2.80 bits per heavy atom. The van der Waals surface area contributed by atoms with Crippen LogP contribution in [-0.4, -0.2) is 30.8 Å². The Bertz CT molecular complexity index is 268. The van der Waals surface area contributed by atoms with Crippen LogP contribution < -0.4 is 16.4 Å². The number of nitrogens with one attached hydrogen (secondary N) is 2. The molecule has 1 fully saturated rings. The highest BCUT2D eigenvalue weighted by Crippen LogP contribution is 2.10. The fourth-order valence-corrected chi connectivity index (χ4v) is 1.41. The Morgan fingerprint density at radius 2 is 2.27 bits per heavy atom. The zero-order valence-electron chi connectivity index (χ0n) is 8.41. The molecule has 3 amide bonds. The van der Waals surface area contributed by atoms with Crippen molar-refractivity contribution in [2.45, 2.75) is 19.3 Å². The number of hydrogen-bond acceptors (Lipinski definition) is 3. The van der Waals surface area contributed by atoms with E-state index in [4.69, 9.17) is 5.73 Å². The third-order valence-electron chi connectivity index (χ3n) is 2.31. The van der Waals surface area contributed by atoms with Gasteiger partial charge in [0.05, 0.1) is 5.92 Å². The quantitative estimate of drug-likeness (QED) is 0.530. The topological polar surface area (TPSA) is 101 Å². The fraction of sp³-hybridized carbons (Fsp3) is 0.667. The van der Waals surface area contributed by atoms with Crippen LogP contribution in [0, 0.1) is 5.92 Å². The summed E-state index contributed by atoms with van der Waals surface area (Å²) in [6.07, 6.45) is 1.09. The number of nitrogens with two attached hydrogens (primary N) is 1. The van der Waals surface area contributed by atoms with Gasteiger partial charge in [-0.25, -0.2) is 0 Å². The van der Waals surface area contributed by atoms with E-state index in [0.29, 0.717) is 19.4 Å². The Hall–Kier alpha value is -1.59. The Morgan fingerprint density at radius 1 is 1.53 bits per heavy atom. The van der Waals surface area contributed by atoms with Gasteiger partial charge in [-0.3, -0.25) is 14.4 Å². The Labute approximate surface area is 87.6 Å². The van der Waals surface area contributed by atoms with E-state index in [1.165, 1.54) is 0 Å². The van der Waals surface area contributed by atoms with Crippen LogP contribution in [0.1, 0.15) is 19.3 Å². The highest BCUT2D eigenvalue weighted by Gasteiger charge is 2.23. The summed E-state index contributed by atoms with van der Waals surface area (Å²) in [6.45, 7) is 0.639. The van der Waals surface area contributed by atoms with E-state index in [-0.39, 0.29) is 30.7 Å². The second-order valence-electron chi connectivity index (χ2n) is 3.55. The second kappa shape index (κ2) is 5.33. The first-order valence-corrected chi connectivity index (χ1v) is 4.92. The van der Waals surface area contributed by atoms with Crippen LogP contribution in [0.4, 0.5) is 0 Å². The molecule has 4 N–H and O–H groups in total. The van der Waals surface area contributed by atoms with Crippen LogP contribution in [0.15, 0.2) is 0 Å². The van der Waals surface area contributed by atoms with Crippen molar-refractivity contribution in [2.24, 2.45) is 11.7 Å². The van der Waals surface area contributed by atoms with Crippen LogP contribution in [0.3, 0.4) is 0 Å². The molecule has 1 aliphatic heterocycles. The number of amides is 3. The van der Waals surface area contributed by atoms with Crippen LogP contribution in [0.2, 0.25) is 0 Å². The van der Waals surface area contributed by atoms with Crippen LogP contribution in [0.25, 0.3) is 0 Å². The van der Waals surface area contributed by atoms with Crippen molar-refractivity contribution in [1.29, 1.82) is 0 Å². The maximum atomic E-state index is 11.5. The lowest BCUT2D eigenvalue weighted by molar-refractivity contribution is -0.128. The molecule has 0 aromatic carbocycles. The summed E-state index contributed by atoms with van der Waals surface area (Å²) in [4.78, 5) is 32.7. The smallest absolute Gasteiger partial charge is 0.224 e. The lowest BCUT2D eigenvalue weighted by atomic mass is 9.98. The fourth-order valence-electron chi connectivity index (χ4n) is 1.41. The van der Waals surface area contributed by atoms with Gasteiger partial charge in [-0.15, -0.1) is 0 Å². The molecule has 0 radical (unpaired) electrons. The van der Waals surface area contributed by atoms with Gasteiger partial charge in [-0.2, -0.15) is 0 Å². The zero-order valence-corrected chi connectivity index (χ0v) is 8.41. The molecule has 0 aromatic rings. The van der Waals surface area contributed by atoms with Crippen molar-refractivity contribution in [1.82, 2.24) is 10.6 Å². The Balaban J connectivity index is 2.22. The molecule has 0 aromatic heterocycles. The number of carbonyl (C=O) groups is 3. The number of primary amides is 1. The molecule has 15 heavy (non-hydrogen) atoms. The molecule has 1 aliphatic rings. The number of hydrogen-bond donors (Lipinski definition) is 3. The lowest BCUT2D eigenvalue weighted by Crippen LogP contribution is -2.43. The molecule has 1 heterocycles. The number of carbonyl (C=O) groups excluding carboxylic acids is 3. The summed E-state index contributed by atoms with van der Waals surface area (Å²) in [6, 6.07) is 0. The molecule has 1 saturated heterocycles. The van der Waals surface area contributed by atoms with E-state index < -0.39 is 5.91 Å². The summed E-state index contributed by atoms with van der Waals surface area (Å²) in [5, 5.41) is 5.23. The third kappa shape index (κ3) is 3.97. The van der Waals surface area contributed by atoms with Gasteiger partial charge in [-0.05, 0) is 6.42 Å². The second-order valence-corrected chi connectivity index (χ2v) is 3.55. The minimum atomic E-state index is -0.438. The van der Waals surface area contributed by atoms with E-state index in [0.717, 1.165) is 0 Å². The normalized spacial score (nSPS) is 20.5. The SMILES string of the molecule is NC(=O)CCNC(=O)C1CCC(=O)NC1. The van der Waals surface area contributed by atoms with Gasteiger partial charge >= 0.3 is 0 Å². The molecular weight excluding hydrogens is 198 g/mol. The van der Waals surface area contributed by atoms with Crippen molar-refractivity contribution in [3.05, 3.63) is 0 Å². The average Bonchev–Trinajstić information content (AvgIpc) is 2.18. The van der Waals surface area contributed by atoms with Gasteiger partial charge in [0.25, 0.3) is 0 Å². The predicted octanol–water partition coefficient (Wildman–Crippen LogP) is -1.50. The van der Waals surface area contributed by atoms with E-state index in [1.807, 2.05) is 0 Å². The minimum absolute atomic E-state index is 0.0174.